The van der Waals surface area contributed by atoms with Crippen molar-refractivity contribution in [2.75, 3.05) is 51.3 Å². The highest BCUT2D eigenvalue weighted by atomic mass is 16.5. The molecule has 9 nitrogen and oxygen atoms in total. The van der Waals surface area contributed by atoms with Crippen LogP contribution in [0, 0.1) is 6.92 Å². The maximum atomic E-state index is 13.1. The second-order valence-electron chi connectivity index (χ2n) is 10.4. The molecule has 5 rings (SSSR count). The fraction of sp³-hybridized carbons (Fsp3) is 0.448. The summed E-state index contributed by atoms with van der Waals surface area (Å²) in [5, 5.41) is 11.3. The van der Waals surface area contributed by atoms with Gasteiger partial charge in [-0.15, -0.1) is 0 Å². The lowest BCUT2D eigenvalue weighted by Gasteiger charge is -2.41. The number of pyridine rings is 2. The molecule has 1 N–H and O–H groups in total. The average Bonchev–Trinajstić information content (AvgIpc) is 3.33. The summed E-state index contributed by atoms with van der Waals surface area (Å²) in [7, 11) is 1.73. The third kappa shape index (κ3) is 5.72. The topological polar surface area (TPSA) is 99.1 Å². The van der Waals surface area contributed by atoms with Gasteiger partial charge in [-0.05, 0) is 68.7 Å². The van der Waals surface area contributed by atoms with E-state index in [1.807, 2.05) is 30.0 Å². The Hall–Kier alpha value is -3.72. The summed E-state index contributed by atoms with van der Waals surface area (Å²) in [5.41, 5.74) is 3.29. The Morgan fingerprint density at radius 1 is 1.11 bits per heavy atom. The molecule has 0 unspecified atom stereocenters. The van der Waals surface area contributed by atoms with Gasteiger partial charge in [0.2, 0.25) is 5.91 Å². The lowest BCUT2D eigenvalue weighted by molar-refractivity contribution is -0.128. The van der Waals surface area contributed by atoms with E-state index < -0.39 is 5.60 Å². The number of aliphatic hydroxyl groups is 1. The van der Waals surface area contributed by atoms with Gasteiger partial charge in [0.15, 0.2) is 0 Å². The van der Waals surface area contributed by atoms with Gasteiger partial charge < -0.3 is 24.5 Å². The van der Waals surface area contributed by atoms with E-state index in [0.717, 1.165) is 35.4 Å². The first-order valence-electron chi connectivity index (χ1n) is 13.3. The van der Waals surface area contributed by atoms with Crippen molar-refractivity contribution in [3.63, 3.8) is 0 Å². The number of carbonyl (C=O) groups is 2. The predicted molar refractivity (Wildman–Crippen MR) is 145 cm³/mol. The average molecular weight is 518 g/mol. The Morgan fingerprint density at radius 2 is 1.87 bits per heavy atom. The van der Waals surface area contributed by atoms with Gasteiger partial charge in [0, 0.05) is 57.1 Å². The second kappa shape index (κ2) is 10.9. The molecule has 4 heterocycles. The number of rotatable bonds is 8. The van der Waals surface area contributed by atoms with Crippen LogP contribution >= 0.6 is 0 Å². The Labute approximate surface area is 223 Å². The van der Waals surface area contributed by atoms with Gasteiger partial charge in [0.25, 0.3) is 5.91 Å². The maximum absolute atomic E-state index is 13.1. The first-order valence-corrected chi connectivity index (χ1v) is 13.3. The molecule has 2 aromatic heterocycles. The molecule has 200 valence electrons. The fourth-order valence-electron chi connectivity index (χ4n) is 5.33. The molecule has 2 amide bonds. The Balaban J connectivity index is 1.14. The molecule has 9 heteroatoms. The number of benzene rings is 1. The van der Waals surface area contributed by atoms with Crippen molar-refractivity contribution < 1.29 is 19.4 Å². The van der Waals surface area contributed by atoms with Gasteiger partial charge in [-0.2, -0.15) is 0 Å². The van der Waals surface area contributed by atoms with Crippen LogP contribution in [-0.4, -0.2) is 88.7 Å². The van der Waals surface area contributed by atoms with Gasteiger partial charge in [0.05, 0.1) is 23.3 Å². The number of anilines is 1. The van der Waals surface area contributed by atoms with Crippen molar-refractivity contribution in [3.05, 3.63) is 59.9 Å². The minimum absolute atomic E-state index is 0.144. The molecule has 0 radical (unpaired) electrons. The lowest BCUT2D eigenvalue weighted by atomic mass is 9.90. The summed E-state index contributed by atoms with van der Waals surface area (Å²) in [6.45, 7) is 5.36. The lowest BCUT2D eigenvalue weighted by Crippen LogP contribution is -2.51. The zero-order valence-corrected chi connectivity index (χ0v) is 22.1. The van der Waals surface area contributed by atoms with Crippen LogP contribution in [0.2, 0.25) is 0 Å². The molecule has 0 atom stereocenters. The van der Waals surface area contributed by atoms with Crippen LogP contribution in [0.3, 0.4) is 0 Å². The van der Waals surface area contributed by atoms with Crippen molar-refractivity contribution in [3.8, 4) is 5.75 Å². The maximum Gasteiger partial charge on any atom is 0.253 e. The highest BCUT2D eigenvalue weighted by Crippen LogP contribution is 2.31. The molecule has 2 aliphatic rings. The number of aromatic nitrogens is 2. The molecule has 0 spiro atoms. The van der Waals surface area contributed by atoms with E-state index in [1.165, 1.54) is 0 Å². The number of ether oxygens (including phenoxy) is 1. The molecule has 2 saturated heterocycles. The number of amides is 2. The molecule has 2 aliphatic heterocycles. The summed E-state index contributed by atoms with van der Waals surface area (Å²) in [6, 6.07) is 13.0. The SMILES string of the molecule is Cc1ccc2nccc(N3CCC(O)(CN(C)C(=O)c4ccc(OCCN5CCCC5=O)cc4)CC3)c2n1. The van der Waals surface area contributed by atoms with Crippen molar-refractivity contribution in [2.45, 2.75) is 38.2 Å². The summed E-state index contributed by atoms with van der Waals surface area (Å²) in [5.74, 6) is 0.702. The van der Waals surface area contributed by atoms with E-state index in [9.17, 15) is 14.7 Å². The van der Waals surface area contributed by atoms with Crippen LogP contribution in [0.1, 0.15) is 41.7 Å². The number of nitrogens with zero attached hydrogens (tertiary/aromatic N) is 5. The highest BCUT2D eigenvalue weighted by Gasteiger charge is 2.35. The van der Waals surface area contributed by atoms with E-state index in [1.54, 1.807) is 42.4 Å². The minimum atomic E-state index is -0.955. The third-order valence-electron chi connectivity index (χ3n) is 7.52. The zero-order valence-electron chi connectivity index (χ0n) is 22.1. The molecule has 0 bridgehead atoms. The monoisotopic (exact) mass is 517 g/mol. The summed E-state index contributed by atoms with van der Waals surface area (Å²) in [4.78, 5) is 39.5. The van der Waals surface area contributed by atoms with Crippen molar-refractivity contribution in [2.24, 2.45) is 0 Å². The normalized spacial score (nSPS) is 17.2. The van der Waals surface area contributed by atoms with E-state index in [4.69, 9.17) is 9.72 Å². The molecule has 3 aromatic rings. The highest BCUT2D eigenvalue weighted by molar-refractivity contribution is 5.94. The summed E-state index contributed by atoms with van der Waals surface area (Å²) >= 11 is 0. The number of aryl methyl sites for hydroxylation is 1. The number of fused-ring (bicyclic) bond motifs is 1. The predicted octanol–water partition coefficient (Wildman–Crippen LogP) is 3.04. The number of likely N-dealkylation sites (tertiary alicyclic amines) is 1. The van der Waals surface area contributed by atoms with Gasteiger partial charge in [-0.3, -0.25) is 14.6 Å². The molecule has 2 fully saturated rings. The van der Waals surface area contributed by atoms with Crippen LogP contribution < -0.4 is 9.64 Å². The van der Waals surface area contributed by atoms with E-state index in [-0.39, 0.29) is 18.4 Å². The van der Waals surface area contributed by atoms with Crippen LogP contribution in [0.4, 0.5) is 5.69 Å². The molecular formula is C29H35N5O4. The Bertz CT molecular complexity index is 1300. The molecule has 38 heavy (non-hydrogen) atoms. The van der Waals surface area contributed by atoms with Crippen LogP contribution in [0.15, 0.2) is 48.7 Å². The van der Waals surface area contributed by atoms with Crippen molar-refractivity contribution in [1.82, 2.24) is 19.8 Å². The quantitative estimate of drug-likeness (QED) is 0.490. The molecule has 1 aromatic carbocycles. The van der Waals surface area contributed by atoms with Gasteiger partial charge in [-0.25, -0.2) is 4.98 Å². The number of piperidine rings is 1. The van der Waals surface area contributed by atoms with Crippen molar-refractivity contribution in [1.29, 1.82) is 0 Å². The largest absolute Gasteiger partial charge is 0.492 e. The Kier molecular flexibility index (Phi) is 7.46. The van der Waals surface area contributed by atoms with E-state index >= 15 is 0 Å². The first-order chi connectivity index (χ1) is 18.3. The molecule has 0 saturated carbocycles. The fourth-order valence-corrected chi connectivity index (χ4v) is 5.33. The zero-order chi connectivity index (χ0) is 26.7. The second-order valence-corrected chi connectivity index (χ2v) is 10.4. The number of carbonyl (C=O) groups excluding carboxylic acids is 2. The van der Waals surface area contributed by atoms with Crippen LogP contribution in [-0.2, 0) is 4.79 Å². The smallest absolute Gasteiger partial charge is 0.253 e. The van der Waals surface area contributed by atoms with Crippen LogP contribution in [0.5, 0.6) is 5.75 Å². The van der Waals surface area contributed by atoms with Gasteiger partial charge in [-0.1, -0.05) is 0 Å². The van der Waals surface area contributed by atoms with E-state index in [2.05, 4.69) is 9.88 Å². The van der Waals surface area contributed by atoms with Crippen LogP contribution in [0.25, 0.3) is 11.0 Å². The Morgan fingerprint density at radius 3 is 2.58 bits per heavy atom. The third-order valence-corrected chi connectivity index (χ3v) is 7.52. The van der Waals surface area contributed by atoms with Gasteiger partial charge >= 0.3 is 0 Å². The number of likely N-dealkylation sites (N-methyl/N-ethyl adjacent to an activating group) is 1. The van der Waals surface area contributed by atoms with E-state index in [0.29, 0.717) is 56.8 Å². The standard InChI is InChI=1S/C29H35N5O4/c1-21-5-10-24-27(31-21)25(11-14-30-24)33-16-12-29(37,13-17-33)20-32(2)28(36)22-6-8-23(9-7-22)38-19-18-34-15-3-4-26(34)35/h5-11,14,37H,3-4,12-13,15-20H2,1-2H3. The summed E-state index contributed by atoms with van der Waals surface area (Å²) in [6.07, 6.45) is 4.43. The molecule has 0 aliphatic carbocycles. The molecular weight excluding hydrogens is 482 g/mol. The summed E-state index contributed by atoms with van der Waals surface area (Å²) < 4.78 is 5.76. The number of hydrogen-bond acceptors (Lipinski definition) is 7. The number of hydrogen-bond donors (Lipinski definition) is 1. The van der Waals surface area contributed by atoms with Crippen molar-refractivity contribution >= 4 is 28.5 Å². The van der Waals surface area contributed by atoms with Gasteiger partial charge in [0.1, 0.15) is 17.9 Å². The minimum Gasteiger partial charge on any atom is -0.492 e. The first kappa shape index (κ1) is 25.9.